The summed E-state index contributed by atoms with van der Waals surface area (Å²) in [5.41, 5.74) is 6.37. The SMILES string of the molecule is COc1cc(Br)c(/C=C/CN)c(OC)c1. The zero-order valence-electron chi connectivity index (χ0n) is 8.79. The van der Waals surface area contributed by atoms with Crippen LogP contribution < -0.4 is 15.2 Å². The lowest BCUT2D eigenvalue weighted by atomic mass is 10.1. The van der Waals surface area contributed by atoms with Gasteiger partial charge in [-0.2, -0.15) is 0 Å². The van der Waals surface area contributed by atoms with Gasteiger partial charge in [0.25, 0.3) is 0 Å². The van der Waals surface area contributed by atoms with E-state index in [9.17, 15) is 0 Å². The van der Waals surface area contributed by atoms with Gasteiger partial charge < -0.3 is 15.2 Å². The van der Waals surface area contributed by atoms with E-state index in [-0.39, 0.29) is 0 Å². The molecule has 4 heteroatoms. The first kappa shape index (κ1) is 12.1. The summed E-state index contributed by atoms with van der Waals surface area (Å²) in [6.07, 6.45) is 3.79. The maximum atomic E-state index is 5.41. The molecular formula is C11H14BrNO2. The number of nitrogens with two attached hydrogens (primary N) is 1. The molecule has 3 nitrogen and oxygen atoms in total. The molecule has 0 aliphatic heterocycles. The minimum Gasteiger partial charge on any atom is -0.497 e. The Hall–Kier alpha value is -1.00. The smallest absolute Gasteiger partial charge is 0.130 e. The lowest BCUT2D eigenvalue weighted by molar-refractivity contribution is 0.393. The molecule has 0 spiro atoms. The number of halogens is 1. The maximum Gasteiger partial charge on any atom is 0.130 e. The Morgan fingerprint density at radius 2 is 2.07 bits per heavy atom. The normalized spacial score (nSPS) is 10.7. The minimum absolute atomic E-state index is 0.502. The molecule has 0 atom stereocenters. The number of hydrogen-bond acceptors (Lipinski definition) is 3. The highest BCUT2D eigenvalue weighted by atomic mass is 79.9. The van der Waals surface area contributed by atoms with Crippen molar-refractivity contribution in [3.05, 3.63) is 28.2 Å². The van der Waals surface area contributed by atoms with Crippen LogP contribution in [0.4, 0.5) is 0 Å². The number of benzene rings is 1. The summed E-state index contributed by atoms with van der Waals surface area (Å²) in [4.78, 5) is 0. The van der Waals surface area contributed by atoms with Crippen LogP contribution in [0.5, 0.6) is 11.5 Å². The summed E-state index contributed by atoms with van der Waals surface area (Å²) >= 11 is 3.46. The fourth-order valence-electron chi connectivity index (χ4n) is 1.20. The summed E-state index contributed by atoms with van der Waals surface area (Å²) in [6, 6.07) is 3.72. The van der Waals surface area contributed by atoms with Crippen molar-refractivity contribution in [2.75, 3.05) is 20.8 Å². The Morgan fingerprint density at radius 3 is 2.60 bits per heavy atom. The third-order valence-corrected chi connectivity index (χ3v) is 2.60. The quantitative estimate of drug-likeness (QED) is 0.915. The van der Waals surface area contributed by atoms with Crippen LogP contribution in [0, 0.1) is 0 Å². The molecule has 15 heavy (non-hydrogen) atoms. The van der Waals surface area contributed by atoms with E-state index >= 15 is 0 Å². The van der Waals surface area contributed by atoms with Crippen LogP contribution in [0.2, 0.25) is 0 Å². The Labute approximate surface area is 98.0 Å². The molecule has 0 saturated carbocycles. The van der Waals surface area contributed by atoms with E-state index in [1.807, 2.05) is 24.3 Å². The Morgan fingerprint density at radius 1 is 1.33 bits per heavy atom. The molecule has 82 valence electrons. The number of rotatable bonds is 4. The summed E-state index contributed by atoms with van der Waals surface area (Å²) < 4.78 is 11.3. The topological polar surface area (TPSA) is 44.5 Å². The van der Waals surface area contributed by atoms with Crippen LogP contribution in [0.3, 0.4) is 0 Å². The van der Waals surface area contributed by atoms with Crippen molar-refractivity contribution in [2.24, 2.45) is 5.73 Å². The summed E-state index contributed by atoms with van der Waals surface area (Å²) in [6.45, 7) is 0.502. The Bertz CT molecular complexity index is 364. The standard InChI is InChI=1S/C11H14BrNO2/c1-14-8-6-10(12)9(4-3-5-13)11(7-8)15-2/h3-4,6-7H,5,13H2,1-2H3/b4-3+. The van der Waals surface area contributed by atoms with Crippen LogP contribution in [0.15, 0.2) is 22.7 Å². The van der Waals surface area contributed by atoms with Gasteiger partial charge in [0.1, 0.15) is 11.5 Å². The molecule has 0 amide bonds. The second-order valence-corrected chi connectivity index (χ2v) is 3.72. The highest BCUT2D eigenvalue weighted by Gasteiger charge is 2.07. The average molecular weight is 272 g/mol. The molecule has 0 fully saturated rings. The van der Waals surface area contributed by atoms with E-state index in [0.717, 1.165) is 21.5 Å². The number of methoxy groups -OCH3 is 2. The van der Waals surface area contributed by atoms with Crippen LogP contribution in [-0.4, -0.2) is 20.8 Å². The van der Waals surface area contributed by atoms with Gasteiger partial charge in [-0.05, 0) is 22.0 Å². The van der Waals surface area contributed by atoms with Gasteiger partial charge in [-0.15, -0.1) is 0 Å². The molecule has 1 aromatic carbocycles. The van der Waals surface area contributed by atoms with Crippen molar-refractivity contribution in [3.63, 3.8) is 0 Å². The van der Waals surface area contributed by atoms with E-state index in [0.29, 0.717) is 6.54 Å². The second kappa shape index (κ2) is 5.78. The van der Waals surface area contributed by atoms with Crippen molar-refractivity contribution in [3.8, 4) is 11.5 Å². The van der Waals surface area contributed by atoms with E-state index in [1.165, 1.54) is 0 Å². The van der Waals surface area contributed by atoms with Gasteiger partial charge in [-0.1, -0.05) is 12.2 Å². The van der Waals surface area contributed by atoms with E-state index in [1.54, 1.807) is 14.2 Å². The van der Waals surface area contributed by atoms with Gasteiger partial charge >= 0.3 is 0 Å². The molecule has 0 bridgehead atoms. The van der Waals surface area contributed by atoms with Gasteiger partial charge in [0, 0.05) is 22.6 Å². The highest BCUT2D eigenvalue weighted by Crippen LogP contribution is 2.33. The fourth-order valence-corrected chi connectivity index (χ4v) is 1.76. The summed E-state index contributed by atoms with van der Waals surface area (Å²) in [5.74, 6) is 1.51. The molecule has 1 aromatic rings. The Kier molecular flexibility index (Phi) is 4.65. The molecule has 1 rings (SSSR count). The first-order valence-electron chi connectivity index (χ1n) is 4.51. The largest absolute Gasteiger partial charge is 0.497 e. The van der Waals surface area contributed by atoms with Crippen LogP contribution in [-0.2, 0) is 0 Å². The molecule has 0 saturated heterocycles. The minimum atomic E-state index is 0.502. The van der Waals surface area contributed by atoms with Crippen molar-refractivity contribution in [1.82, 2.24) is 0 Å². The molecule has 2 N–H and O–H groups in total. The molecule has 0 heterocycles. The highest BCUT2D eigenvalue weighted by molar-refractivity contribution is 9.10. The predicted octanol–water partition coefficient (Wildman–Crippen LogP) is 2.44. The lowest BCUT2D eigenvalue weighted by Crippen LogP contribution is -1.94. The van der Waals surface area contributed by atoms with Crippen LogP contribution in [0.1, 0.15) is 5.56 Å². The molecule has 0 aromatic heterocycles. The Balaban J connectivity index is 3.18. The number of hydrogen-bond donors (Lipinski definition) is 1. The van der Waals surface area contributed by atoms with E-state index in [4.69, 9.17) is 15.2 Å². The van der Waals surface area contributed by atoms with E-state index in [2.05, 4.69) is 15.9 Å². The van der Waals surface area contributed by atoms with Crippen molar-refractivity contribution in [1.29, 1.82) is 0 Å². The summed E-state index contributed by atoms with van der Waals surface area (Å²) in [5, 5.41) is 0. The fraction of sp³-hybridized carbons (Fsp3) is 0.273. The van der Waals surface area contributed by atoms with Crippen LogP contribution in [0.25, 0.3) is 6.08 Å². The van der Waals surface area contributed by atoms with E-state index < -0.39 is 0 Å². The van der Waals surface area contributed by atoms with Gasteiger partial charge in [-0.25, -0.2) is 0 Å². The zero-order chi connectivity index (χ0) is 11.3. The van der Waals surface area contributed by atoms with Gasteiger partial charge in [-0.3, -0.25) is 0 Å². The predicted molar refractivity (Wildman–Crippen MR) is 65.3 cm³/mol. The summed E-state index contributed by atoms with van der Waals surface area (Å²) in [7, 11) is 3.25. The zero-order valence-corrected chi connectivity index (χ0v) is 10.4. The first-order chi connectivity index (χ1) is 7.22. The van der Waals surface area contributed by atoms with Gasteiger partial charge in [0.05, 0.1) is 14.2 Å². The molecular weight excluding hydrogens is 258 g/mol. The lowest BCUT2D eigenvalue weighted by Gasteiger charge is -2.09. The van der Waals surface area contributed by atoms with Crippen molar-refractivity contribution in [2.45, 2.75) is 0 Å². The molecule has 0 radical (unpaired) electrons. The van der Waals surface area contributed by atoms with Gasteiger partial charge in [0.15, 0.2) is 0 Å². The average Bonchev–Trinajstić information content (AvgIpc) is 2.26. The maximum absolute atomic E-state index is 5.41. The van der Waals surface area contributed by atoms with Gasteiger partial charge in [0.2, 0.25) is 0 Å². The van der Waals surface area contributed by atoms with Crippen LogP contribution >= 0.6 is 15.9 Å². The number of ether oxygens (including phenoxy) is 2. The third-order valence-electron chi connectivity index (χ3n) is 1.94. The molecule has 0 aliphatic rings. The van der Waals surface area contributed by atoms with Crippen molar-refractivity contribution < 1.29 is 9.47 Å². The third kappa shape index (κ3) is 2.97. The second-order valence-electron chi connectivity index (χ2n) is 2.86. The first-order valence-corrected chi connectivity index (χ1v) is 5.30. The molecule has 0 unspecified atom stereocenters. The monoisotopic (exact) mass is 271 g/mol. The van der Waals surface area contributed by atoms with Crippen molar-refractivity contribution >= 4 is 22.0 Å². The molecule has 0 aliphatic carbocycles.